The number of allylic oxidation sites excluding steroid dienone is 3. The van der Waals surface area contributed by atoms with E-state index in [0.29, 0.717) is 29.7 Å². The van der Waals surface area contributed by atoms with Crippen LogP contribution >= 0.6 is 11.6 Å². The van der Waals surface area contributed by atoms with E-state index in [9.17, 15) is 4.79 Å². The lowest BCUT2D eigenvalue weighted by molar-refractivity contribution is -0.107. The van der Waals surface area contributed by atoms with Gasteiger partial charge in [0.15, 0.2) is 0 Å². The summed E-state index contributed by atoms with van der Waals surface area (Å²) in [5.41, 5.74) is 0.867. The lowest BCUT2D eigenvalue weighted by atomic mass is 9.73. The van der Waals surface area contributed by atoms with Gasteiger partial charge in [0.1, 0.15) is 11.4 Å². The summed E-state index contributed by atoms with van der Waals surface area (Å²) in [7, 11) is 0. The van der Waals surface area contributed by atoms with E-state index in [1.165, 1.54) is 6.07 Å². The largest absolute Gasteiger partial charge is 0.444 e. The number of halogens is 2. The lowest BCUT2D eigenvalue weighted by Crippen LogP contribution is -2.53. The van der Waals surface area contributed by atoms with Gasteiger partial charge in [-0.2, -0.15) is 0 Å². The second-order valence-corrected chi connectivity index (χ2v) is 11.9. The molecule has 2 saturated heterocycles. The van der Waals surface area contributed by atoms with Crippen LogP contribution in [0.4, 0.5) is 14.9 Å². The maximum atomic E-state index is 15.0. The number of hydrogen-bond acceptors (Lipinski definition) is 5. The average Bonchev–Trinajstić information content (AvgIpc) is 2.83. The van der Waals surface area contributed by atoms with Crippen molar-refractivity contribution in [3.05, 3.63) is 52.8 Å². The Morgan fingerprint density at radius 2 is 1.97 bits per heavy atom. The fraction of sp³-hybridized carbons (Fsp3) is 0.607. The fourth-order valence-corrected chi connectivity index (χ4v) is 6.19. The normalized spacial score (nSPS) is 30.4. The number of ether oxygens (including phenoxy) is 2. The highest BCUT2D eigenvalue weighted by atomic mass is 35.5. The summed E-state index contributed by atoms with van der Waals surface area (Å²) in [4.78, 5) is 16.5. The SMILES string of the molecule is CC(C)(C)OC(=O)N1CCN(C[C@H]2CC[C@@H]3[C@H](O2)c2cc(Cl)cc(F)c2N[C@H]3C2C=CC=CC2)CC1. The van der Waals surface area contributed by atoms with Gasteiger partial charge in [-0.3, -0.25) is 4.90 Å². The van der Waals surface area contributed by atoms with Gasteiger partial charge in [-0.1, -0.05) is 35.9 Å². The maximum Gasteiger partial charge on any atom is 0.410 e. The van der Waals surface area contributed by atoms with Crippen LogP contribution in [0.1, 0.15) is 51.7 Å². The van der Waals surface area contributed by atoms with Gasteiger partial charge in [0.25, 0.3) is 0 Å². The van der Waals surface area contributed by atoms with E-state index in [0.717, 1.165) is 44.5 Å². The third-order valence-electron chi connectivity index (χ3n) is 7.68. The zero-order valence-corrected chi connectivity index (χ0v) is 22.1. The molecule has 0 bridgehead atoms. The van der Waals surface area contributed by atoms with E-state index in [1.54, 1.807) is 4.90 Å². The number of nitrogens with zero attached hydrogens (tertiary/aromatic N) is 2. The minimum atomic E-state index is -0.490. The topological polar surface area (TPSA) is 54.0 Å². The number of amides is 1. The van der Waals surface area contributed by atoms with Crippen LogP contribution in [0.5, 0.6) is 0 Å². The minimum Gasteiger partial charge on any atom is -0.444 e. The van der Waals surface area contributed by atoms with Gasteiger partial charge in [0.2, 0.25) is 0 Å². The number of hydrogen-bond donors (Lipinski definition) is 1. The first kappa shape index (κ1) is 25.6. The molecule has 4 aliphatic rings. The average molecular weight is 518 g/mol. The van der Waals surface area contributed by atoms with Gasteiger partial charge < -0.3 is 19.7 Å². The Balaban J connectivity index is 1.26. The van der Waals surface area contributed by atoms with Crippen molar-refractivity contribution >= 4 is 23.4 Å². The van der Waals surface area contributed by atoms with Crippen LogP contribution in [0.3, 0.4) is 0 Å². The molecular formula is C28H37ClFN3O3. The molecule has 3 heterocycles. The number of carbonyl (C=O) groups is 1. The Kier molecular flexibility index (Phi) is 7.34. The van der Waals surface area contributed by atoms with Crippen LogP contribution in [0.15, 0.2) is 36.4 Å². The van der Waals surface area contributed by atoms with E-state index in [4.69, 9.17) is 21.1 Å². The molecule has 1 unspecified atom stereocenters. The zero-order chi connectivity index (χ0) is 25.4. The van der Waals surface area contributed by atoms with E-state index < -0.39 is 5.60 Å². The molecule has 1 aromatic rings. The Morgan fingerprint density at radius 1 is 1.19 bits per heavy atom. The molecule has 8 heteroatoms. The van der Waals surface area contributed by atoms with Gasteiger partial charge in [-0.15, -0.1) is 0 Å². The van der Waals surface area contributed by atoms with Crippen molar-refractivity contribution in [3.8, 4) is 0 Å². The molecule has 5 rings (SSSR count). The van der Waals surface area contributed by atoms with Crippen molar-refractivity contribution in [2.75, 3.05) is 38.0 Å². The predicted octanol–water partition coefficient (Wildman–Crippen LogP) is 5.79. The van der Waals surface area contributed by atoms with Crippen LogP contribution in [0.25, 0.3) is 0 Å². The smallest absolute Gasteiger partial charge is 0.410 e. The molecule has 0 saturated carbocycles. The summed E-state index contributed by atoms with van der Waals surface area (Å²) in [5, 5.41) is 3.93. The summed E-state index contributed by atoms with van der Waals surface area (Å²) in [5.74, 6) is 0.226. The number of rotatable bonds is 3. The van der Waals surface area contributed by atoms with Gasteiger partial charge >= 0.3 is 6.09 Å². The number of benzene rings is 1. The van der Waals surface area contributed by atoms with Crippen LogP contribution < -0.4 is 5.32 Å². The molecule has 0 radical (unpaired) electrons. The molecule has 1 aliphatic carbocycles. The van der Waals surface area contributed by atoms with Crippen LogP contribution in [0, 0.1) is 17.7 Å². The van der Waals surface area contributed by atoms with E-state index in [-0.39, 0.29) is 36.1 Å². The Bertz CT molecular complexity index is 1030. The number of fused-ring (bicyclic) bond motifs is 3. The second kappa shape index (κ2) is 10.3. The summed E-state index contributed by atoms with van der Waals surface area (Å²) in [6, 6.07) is 3.35. The van der Waals surface area contributed by atoms with Crippen molar-refractivity contribution in [1.82, 2.24) is 9.80 Å². The first-order chi connectivity index (χ1) is 17.2. The van der Waals surface area contributed by atoms with Gasteiger partial charge in [-0.05, 0) is 52.2 Å². The van der Waals surface area contributed by atoms with Gasteiger partial charge in [-0.25, -0.2) is 9.18 Å². The Labute approximate surface area is 218 Å². The summed E-state index contributed by atoms with van der Waals surface area (Å²) < 4.78 is 27.3. The lowest BCUT2D eigenvalue weighted by Gasteiger charge is -2.48. The molecule has 196 valence electrons. The van der Waals surface area contributed by atoms with E-state index in [2.05, 4.69) is 34.5 Å². The molecule has 5 atom stereocenters. The Hall–Kier alpha value is -2.09. The number of carbonyl (C=O) groups excluding carboxylic acids is 1. The highest BCUT2D eigenvalue weighted by Crippen LogP contribution is 2.49. The van der Waals surface area contributed by atoms with Crippen molar-refractivity contribution in [1.29, 1.82) is 0 Å². The third-order valence-corrected chi connectivity index (χ3v) is 7.89. The fourth-order valence-electron chi connectivity index (χ4n) is 5.97. The highest BCUT2D eigenvalue weighted by molar-refractivity contribution is 6.30. The van der Waals surface area contributed by atoms with Crippen molar-refractivity contribution in [2.45, 2.75) is 63.9 Å². The second-order valence-electron chi connectivity index (χ2n) is 11.4. The molecule has 0 spiro atoms. The monoisotopic (exact) mass is 517 g/mol. The summed E-state index contributed by atoms with van der Waals surface area (Å²) in [6.07, 6.45) is 11.1. The molecule has 1 N–H and O–H groups in total. The van der Waals surface area contributed by atoms with Crippen LogP contribution in [-0.2, 0) is 9.47 Å². The third kappa shape index (κ3) is 5.58. The maximum absolute atomic E-state index is 15.0. The number of anilines is 1. The first-order valence-electron chi connectivity index (χ1n) is 13.1. The van der Waals surface area contributed by atoms with Crippen molar-refractivity contribution < 1.29 is 18.7 Å². The molecule has 1 amide bonds. The molecule has 36 heavy (non-hydrogen) atoms. The van der Waals surface area contributed by atoms with Crippen molar-refractivity contribution in [3.63, 3.8) is 0 Å². The van der Waals surface area contributed by atoms with E-state index in [1.807, 2.05) is 26.8 Å². The van der Waals surface area contributed by atoms with Gasteiger partial charge in [0.05, 0.1) is 17.9 Å². The number of nitrogens with one attached hydrogen (secondary N) is 1. The first-order valence-corrected chi connectivity index (χ1v) is 13.5. The molecule has 1 aromatic carbocycles. The highest BCUT2D eigenvalue weighted by Gasteiger charge is 2.45. The predicted molar refractivity (Wildman–Crippen MR) is 140 cm³/mol. The molecule has 3 aliphatic heterocycles. The molecule has 6 nitrogen and oxygen atoms in total. The summed E-state index contributed by atoms with van der Waals surface area (Å²) >= 11 is 6.28. The number of piperazine rings is 1. The standard InChI is InChI=1S/C28H37ClFN3O3/c1-28(2,3)36-27(34)33-13-11-32(12-14-33)17-20-9-10-21-24(18-7-5-4-6-8-18)31-25-22(26(21)35-20)15-19(29)16-23(25)30/h4-7,15-16,18,20-21,24,26,31H,8-14,17H2,1-3H3/t18?,20-,21+,24+,26+/m1/s1. The molecular weight excluding hydrogens is 481 g/mol. The summed E-state index contributed by atoms with van der Waals surface area (Å²) in [6.45, 7) is 9.32. The zero-order valence-electron chi connectivity index (χ0n) is 21.4. The van der Waals surface area contributed by atoms with Crippen molar-refractivity contribution in [2.24, 2.45) is 11.8 Å². The minimum absolute atomic E-state index is 0.0507. The molecule has 2 fully saturated rings. The van der Waals surface area contributed by atoms with Crippen LogP contribution in [0.2, 0.25) is 5.02 Å². The van der Waals surface area contributed by atoms with Crippen LogP contribution in [-0.4, -0.2) is 66.4 Å². The van der Waals surface area contributed by atoms with Gasteiger partial charge in [0, 0.05) is 61.2 Å². The quantitative estimate of drug-likeness (QED) is 0.549. The van der Waals surface area contributed by atoms with E-state index >= 15 is 4.39 Å². The molecule has 0 aromatic heterocycles. The Morgan fingerprint density at radius 3 is 2.67 bits per heavy atom.